The zero-order chi connectivity index (χ0) is 14.0. The molecule has 0 radical (unpaired) electrons. The lowest BCUT2D eigenvalue weighted by Crippen LogP contribution is -2.13. The molecule has 98 valence electrons. The summed E-state index contributed by atoms with van der Waals surface area (Å²) in [6, 6.07) is 9.78. The zero-order valence-corrected chi connectivity index (χ0v) is 12.2. The fourth-order valence-corrected chi connectivity index (χ4v) is 2.40. The van der Waals surface area contributed by atoms with Gasteiger partial charge in [-0.15, -0.1) is 0 Å². The number of carbonyl (C=O) groups excluding carboxylic acids is 1. The van der Waals surface area contributed by atoms with Crippen molar-refractivity contribution in [1.82, 2.24) is 0 Å². The topological polar surface area (TPSA) is 29.1 Å². The van der Waals surface area contributed by atoms with Crippen LogP contribution in [0.1, 0.15) is 21.5 Å². The van der Waals surface area contributed by atoms with Gasteiger partial charge in [0.25, 0.3) is 5.91 Å². The molecule has 19 heavy (non-hydrogen) atoms. The van der Waals surface area contributed by atoms with Crippen molar-refractivity contribution in [3.05, 3.63) is 63.4 Å². The van der Waals surface area contributed by atoms with E-state index in [2.05, 4.69) is 21.2 Å². The van der Waals surface area contributed by atoms with E-state index in [-0.39, 0.29) is 11.7 Å². The van der Waals surface area contributed by atoms with Crippen molar-refractivity contribution in [2.24, 2.45) is 0 Å². The van der Waals surface area contributed by atoms with Crippen molar-refractivity contribution in [3.8, 4) is 0 Å². The molecule has 0 fully saturated rings. The van der Waals surface area contributed by atoms with Crippen molar-refractivity contribution in [2.75, 3.05) is 5.32 Å². The number of carbonyl (C=O) groups is 1. The molecular weight excluding hydrogens is 309 g/mol. The van der Waals surface area contributed by atoms with Crippen LogP contribution in [0.15, 0.2) is 40.9 Å². The Labute approximate surface area is 119 Å². The standard InChI is InChI=1S/C15H13BrFNO/c1-9-3-6-12(13(16)7-9)15(19)18-14-8-11(17)5-4-10(14)2/h3-8H,1-2H3,(H,18,19). The van der Waals surface area contributed by atoms with Gasteiger partial charge in [-0.2, -0.15) is 0 Å². The van der Waals surface area contributed by atoms with E-state index in [1.165, 1.54) is 12.1 Å². The average Bonchev–Trinajstić information content (AvgIpc) is 2.33. The van der Waals surface area contributed by atoms with E-state index in [0.717, 1.165) is 15.6 Å². The summed E-state index contributed by atoms with van der Waals surface area (Å²) in [7, 11) is 0. The number of anilines is 1. The smallest absolute Gasteiger partial charge is 0.256 e. The highest BCUT2D eigenvalue weighted by atomic mass is 79.9. The number of hydrogen-bond donors (Lipinski definition) is 1. The number of nitrogens with one attached hydrogen (secondary N) is 1. The van der Waals surface area contributed by atoms with Crippen LogP contribution in [-0.2, 0) is 0 Å². The molecule has 1 amide bonds. The summed E-state index contributed by atoms with van der Waals surface area (Å²) < 4.78 is 13.9. The average molecular weight is 322 g/mol. The first-order valence-corrected chi connectivity index (χ1v) is 6.60. The predicted octanol–water partition coefficient (Wildman–Crippen LogP) is 4.46. The second-order valence-corrected chi connectivity index (χ2v) is 5.25. The number of rotatable bonds is 2. The van der Waals surface area contributed by atoms with Crippen LogP contribution in [0, 0.1) is 19.7 Å². The lowest BCUT2D eigenvalue weighted by Gasteiger charge is -2.10. The van der Waals surface area contributed by atoms with Gasteiger partial charge in [0.15, 0.2) is 0 Å². The number of benzene rings is 2. The molecule has 4 heteroatoms. The first-order valence-electron chi connectivity index (χ1n) is 5.81. The van der Waals surface area contributed by atoms with E-state index in [0.29, 0.717) is 11.3 Å². The van der Waals surface area contributed by atoms with Crippen molar-refractivity contribution >= 4 is 27.5 Å². The van der Waals surface area contributed by atoms with Gasteiger partial charge in [-0.1, -0.05) is 12.1 Å². The summed E-state index contributed by atoms with van der Waals surface area (Å²) in [5.74, 6) is -0.635. The van der Waals surface area contributed by atoms with Gasteiger partial charge in [-0.05, 0) is 65.2 Å². The number of amides is 1. The SMILES string of the molecule is Cc1ccc(C(=O)Nc2cc(F)ccc2C)c(Br)c1. The van der Waals surface area contributed by atoms with Crippen LogP contribution in [0.25, 0.3) is 0 Å². The molecule has 2 rings (SSSR count). The first-order chi connectivity index (χ1) is 8.97. The van der Waals surface area contributed by atoms with Crippen LogP contribution in [0.5, 0.6) is 0 Å². The maximum absolute atomic E-state index is 13.2. The van der Waals surface area contributed by atoms with Gasteiger partial charge < -0.3 is 5.32 Å². The highest BCUT2D eigenvalue weighted by Gasteiger charge is 2.11. The van der Waals surface area contributed by atoms with E-state index >= 15 is 0 Å². The summed E-state index contributed by atoms with van der Waals surface area (Å²) in [5.41, 5.74) is 2.88. The highest BCUT2D eigenvalue weighted by Crippen LogP contribution is 2.21. The third-order valence-electron chi connectivity index (χ3n) is 2.82. The quantitative estimate of drug-likeness (QED) is 0.869. The van der Waals surface area contributed by atoms with E-state index in [1.807, 2.05) is 26.0 Å². The Morgan fingerprint density at radius 1 is 1.16 bits per heavy atom. The molecule has 2 aromatic rings. The Morgan fingerprint density at radius 2 is 1.89 bits per heavy atom. The van der Waals surface area contributed by atoms with E-state index in [9.17, 15) is 9.18 Å². The normalized spacial score (nSPS) is 10.3. The van der Waals surface area contributed by atoms with Crippen LogP contribution < -0.4 is 5.32 Å². The predicted molar refractivity (Wildman–Crippen MR) is 78.0 cm³/mol. The Morgan fingerprint density at radius 3 is 2.58 bits per heavy atom. The minimum atomic E-state index is -0.371. The lowest BCUT2D eigenvalue weighted by atomic mass is 10.1. The van der Waals surface area contributed by atoms with Crippen LogP contribution >= 0.6 is 15.9 Å². The highest BCUT2D eigenvalue weighted by molar-refractivity contribution is 9.10. The van der Waals surface area contributed by atoms with Gasteiger partial charge in [0.1, 0.15) is 5.82 Å². The van der Waals surface area contributed by atoms with Crippen molar-refractivity contribution in [2.45, 2.75) is 13.8 Å². The minimum Gasteiger partial charge on any atom is -0.322 e. The van der Waals surface area contributed by atoms with Crippen LogP contribution in [0.3, 0.4) is 0 Å². The molecule has 0 saturated heterocycles. The second kappa shape index (κ2) is 5.53. The van der Waals surface area contributed by atoms with Crippen LogP contribution in [0.2, 0.25) is 0 Å². The van der Waals surface area contributed by atoms with Crippen LogP contribution in [-0.4, -0.2) is 5.91 Å². The molecule has 0 unspecified atom stereocenters. The molecule has 0 aliphatic heterocycles. The fraction of sp³-hybridized carbons (Fsp3) is 0.133. The minimum absolute atomic E-state index is 0.263. The monoisotopic (exact) mass is 321 g/mol. The Kier molecular flexibility index (Phi) is 4.00. The van der Waals surface area contributed by atoms with Crippen molar-refractivity contribution in [3.63, 3.8) is 0 Å². The maximum Gasteiger partial charge on any atom is 0.256 e. The van der Waals surface area contributed by atoms with E-state index < -0.39 is 0 Å². The molecule has 2 nitrogen and oxygen atoms in total. The van der Waals surface area contributed by atoms with Gasteiger partial charge in [0.2, 0.25) is 0 Å². The molecule has 0 bridgehead atoms. The molecular formula is C15H13BrFNO. The molecule has 0 heterocycles. The van der Waals surface area contributed by atoms with Gasteiger partial charge in [-0.3, -0.25) is 4.79 Å². The largest absolute Gasteiger partial charge is 0.322 e. The van der Waals surface area contributed by atoms with E-state index in [4.69, 9.17) is 0 Å². The molecule has 0 saturated carbocycles. The Hall–Kier alpha value is -1.68. The molecule has 0 aliphatic carbocycles. The molecule has 0 aliphatic rings. The summed E-state index contributed by atoms with van der Waals surface area (Å²) in [6.45, 7) is 3.77. The summed E-state index contributed by atoms with van der Waals surface area (Å²) in [6.07, 6.45) is 0. The lowest BCUT2D eigenvalue weighted by molar-refractivity contribution is 0.102. The molecule has 0 aromatic heterocycles. The third-order valence-corrected chi connectivity index (χ3v) is 3.47. The Bertz CT molecular complexity index is 640. The summed E-state index contributed by atoms with van der Waals surface area (Å²) >= 11 is 3.36. The molecule has 2 aromatic carbocycles. The van der Waals surface area contributed by atoms with Crippen LogP contribution in [0.4, 0.5) is 10.1 Å². The van der Waals surface area contributed by atoms with E-state index in [1.54, 1.807) is 12.1 Å². The van der Waals surface area contributed by atoms with Gasteiger partial charge in [0.05, 0.1) is 5.56 Å². The second-order valence-electron chi connectivity index (χ2n) is 4.40. The number of halogens is 2. The summed E-state index contributed by atoms with van der Waals surface area (Å²) in [4.78, 5) is 12.1. The van der Waals surface area contributed by atoms with Gasteiger partial charge >= 0.3 is 0 Å². The van der Waals surface area contributed by atoms with Gasteiger partial charge in [0, 0.05) is 10.2 Å². The number of hydrogen-bond acceptors (Lipinski definition) is 1. The third kappa shape index (κ3) is 3.20. The van der Waals surface area contributed by atoms with Gasteiger partial charge in [-0.25, -0.2) is 4.39 Å². The summed E-state index contributed by atoms with van der Waals surface area (Å²) in [5, 5.41) is 2.72. The van der Waals surface area contributed by atoms with Crippen molar-refractivity contribution in [1.29, 1.82) is 0 Å². The Balaban J connectivity index is 2.28. The molecule has 1 N–H and O–H groups in total. The molecule has 0 spiro atoms. The first kappa shape index (κ1) is 13.7. The fourth-order valence-electron chi connectivity index (χ4n) is 1.72. The zero-order valence-electron chi connectivity index (χ0n) is 10.6. The molecule has 0 atom stereocenters. The van der Waals surface area contributed by atoms with Crippen molar-refractivity contribution < 1.29 is 9.18 Å². The maximum atomic E-state index is 13.2. The number of aryl methyl sites for hydroxylation is 2.